The lowest BCUT2D eigenvalue weighted by Crippen LogP contribution is -2.45. The van der Waals surface area contributed by atoms with E-state index in [9.17, 15) is 14.4 Å². The van der Waals surface area contributed by atoms with Crippen LogP contribution in [0.2, 0.25) is 0 Å². The molecule has 2 aromatic carbocycles. The molecule has 0 spiro atoms. The van der Waals surface area contributed by atoms with E-state index >= 15 is 0 Å². The first-order valence-corrected chi connectivity index (χ1v) is 9.35. The van der Waals surface area contributed by atoms with Crippen LogP contribution in [0.1, 0.15) is 35.6 Å². The maximum atomic E-state index is 12.6. The number of aryl methyl sites for hydroxylation is 1. The van der Waals surface area contributed by atoms with Crippen LogP contribution in [0.25, 0.3) is 11.0 Å². The first-order valence-electron chi connectivity index (χ1n) is 9.35. The van der Waals surface area contributed by atoms with Crippen molar-refractivity contribution in [2.45, 2.75) is 25.4 Å². The number of hydrogen-bond acceptors (Lipinski definition) is 4. The molecule has 0 aliphatic carbocycles. The molecule has 0 bridgehead atoms. The molecule has 0 saturated heterocycles. The fourth-order valence-corrected chi connectivity index (χ4v) is 3.56. The van der Waals surface area contributed by atoms with E-state index in [1.807, 2.05) is 42.8 Å². The number of carbonyl (C=O) groups is 3. The van der Waals surface area contributed by atoms with Gasteiger partial charge in [-0.15, -0.1) is 0 Å². The minimum atomic E-state index is -0.956. The van der Waals surface area contributed by atoms with E-state index in [2.05, 4.69) is 20.9 Å². The molecule has 2 heterocycles. The van der Waals surface area contributed by atoms with E-state index in [0.29, 0.717) is 17.1 Å². The van der Waals surface area contributed by atoms with Crippen LogP contribution < -0.4 is 16.0 Å². The zero-order valence-corrected chi connectivity index (χ0v) is 16.1. The number of rotatable bonds is 4. The van der Waals surface area contributed by atoms with Crippen LogP contribution in [0, 0.1) is 0 Å². The highest BCUT2D eigenvalue weighted by molar-refractivity contribution is 6.10. The molecule has 1 aliphatic heterocycles. The van der Waals surface area contributed by atoms with Crippen LogP contribution in [0.15, 0.2) is 48.5 Å². The number of amides is 3. The molecule has 148 valence electrons. The monoisotopic (exact) mass is 391 g/mol. The van der Waals surface area contributed by atoms with Gasteiger partial charge in [0.05, 0.1) is 34.7 Å². The number of aromatic nitrogens is 2. The van der Waals surface area contributed by atoms with Crippen LogP contribution in [-0.2, 0) is 16.6 Å². The lowest BCUT2D eigenvalue weighted by Gasteiger charge is -2.17. The molecule has 29 heavy (non-hydrogen) atoms. The third-order valence-corrected chi connectivity index (χ3v) is 5.03. The van der Waals surface area contributed by atoms with Crippen molar-refractivity contribution in [1.82, 2.24) is 20.2 Å². The van der Waals surface area contributed by atoms with Gasteiger partial charge in [-0.2, -0.15) is 0 Å². The fourth-order valence-electron chi connectivity index (χ4n) is 3.56. The van der Waals surface area contributed by atoms with E-state index in [-0.39, 0.29) is 24.3 Å². The molecular weight excluding hydrogens is 370 g/mol. The molecule has 4 rings (SSSR count). The number of hydrogen-bond donors (Lipinski definition) is 3. The Morgan fingerprint density at radius 2 is 1.90 bits per heavy atom. The second kappa shape index (κ2) is 7.38. The van der Waals surface area contributed by atoms with E-state index in [1.165, 1.54) is 0 Å². The minimum Gasteiger partial charge on any atom is -0.346 e. The molecule has 3 aromatic rings. The quantitative estimate of drug-likeness (QED) is 0.632. The summed E-state index contributed by atoms with van der Waals surface area (Å²) in [7, 11) is 1.89. The summed E-state index contributed by atoms with van der Waals surface area (Å²) in [6.45, 7) is 1.83. The van der Waals surface area contributed by atoms with Crippen LogP contribution in [-0.4, -0.2) is 33.3 Å². The number of carbonyl (C=O) groups excluding carboxylic acids is 3. The van der Waals surface area contributed by atoms with Crippen molar-refractivity contribution < 1.29 is 14.4 Å². The first-order chi connectivity index (χ1) is 13.9. The minimum absolute atomic E-state index is 0.167. The van der Waals surface area contributed by atoms with E-state index in [1.54, 1.807) is 24.3 Å². The lowest BCUT2D eigenvalue weighted by molar-refractivity contribution is -0.126. The van der Waals surface area contributed by atoms with Crippen molar-refractivity contribution in [2.24, 2.45) is 7.05 Å². The van der Waals surface area contributed by atoms with Gasteiger partial charge < -0.3 is 20.5 Å². The van der Waals surface area contributed by atoms with Crippen molar-refractivity contribution in [1.29, 1.82) is 0 Å². The van der Waals surface area contributed by atoms with E-state index in [4.69, 9.17) is 0 Å². The summed E-state index contributed by atoms with van der Waals surface area (Å²) in [6.07, 6.45) is -0.167. The third-order valence-electron chi connectivity index (χ3n) is 5.03. The fraction of sp³-hybridized carbons (Fsp3) is 0.238. The van der Waals surface area contributed by atoms with Crippen molar-refractivity contribution in [2.75, 3.05) is 5.32 Å². The molecule has 2 atom stereocenters. The van der Waals surface area contributed by atoms with Crippen LogP contribution >= 0.6 is 0 Å². The maximum absolute atomic E-state index is 12.6. The summed E-state index contributed by atoms with van der Waals surface area (Å²) in [4.78, 5) is 42.0. The summed E-state index contributed by atoms with van der Waals surface area (Å²) in [5.41, 5.74) is 2.62. The van der Waals surface area contributed by atoms with Crippen molar-refractivity contribution >= 4 is 34.4 Å². The second-order valence-electron chi connectivity index (χ2n) is 7.07. The van der Waals surface area contributed by atoms with Gasteiger partial charge in [-0.3, -0.25) is 14.4 Å². The van der Waals surface area contributed by atoms with Gasteiger partial charge in [0.2, 0.25) is 11.8 Å². The molecule has 0 fully saturated rings. The van der Waals surface area contributed by atoms with Crippen LogP contribution in [0.5, 0.6) is 0 Å². The Bertz CT molecular complexity index is 1120. The molecule has 8 heteroatoms. The summed E-state index contributed by atoms with van der Waals surface area (Å²) in [5.74, 6) is -0.453. The normalized spacial score (nSPS) is 17.1. The largest absolute Gasteiger partial charge is 0.346 e. The predicted octanol–water partition coefficient (Wildman–Crippen LogP) is 1.89. The SMILES string of the molecule is CC(NC(=O)CC1NC(=O)c2ccccc2NC1=O)c1nc2ccccc2n1C. The van der Waals surface area contributed by atoms with Gasteiger partial charge in [0.25, 0.3) is 5.91 Å². The van der Waals surface area contributed by atoms with Crippen molar-refractivity contribution in [3.8, 4) is 0 Å². The van der Waals surface area contributed by atoms with Gasteiger partial charge in [0.15, 0.2) is 0 Å². The smallest absolute Gasteiger partial charge is 0.254 e. The number of nitrogens with one attached hydrogen (secondary N) is 3. The van der Waals surface area contributed by atoms with Crippen LogP contribution in [0.4, 0.5) is 5.69 Å². The molecule has 1 aliphatic rings. The second-order valence-corrected chi connectivity index (χ2v) is 7.07. The Kier molecular flexibility index (Phi) is 4.75. The first kappa shape index (κ1) is 18.7. The van der Waals surface area contributed by atoms with Crippen molar-refractivity contribution in [3.63, 3.8) is 0 Å². The number of fused-ring (bicyclic) bond motifs is 2. The number of benzene rings is 2. The maximum Gasteiger partial charge on any atom is 0.254 e. The Labute approximate surface area is 167 Å². The molecule has 3 amide bonds. The van der Waals surface area contributed by atoms with Gasteiger partial charge in [-0.1, -0.05) is 24.3 Å². The zero-order chi connectivity index (χ0) is 20.5. The predicted molar refractivity (Wildman–Crippen MR) is 108 cm³/mol. The number of imidazole rings is 1. The molecular formula is C21H21N5O3. The summed E-state index contributed by atoms with van der Waals surface area (Å²) < 4.78 is 1.93. The summed E-state index contributed by atoms with van der Waals surface area (Å²) in [5, 5.41) is 8.20. The molecule has 2 unspecified atom stereocenters. The van der Waals surface area contributed by atoms with E-state index < -0.39 is 11.9 Å². The van der Waals surface area contributed by atoms with E-state index in [0.717, 1.165) is 11.0 Å². The number of nitrogens with zero attached hydrogens (tertiary/aromatic N) is 2. The Morgan fingerprint density at radius 1 is 1.17 bits per heavy atom. The van der Waals surface area contributed by atoms with Gasteiger partial charge >= 0.3 is 0 Å². The molecule has 0 radical (unpaired) electrons. The molecule has 1 aromatic heterocycles. The highest BCUT2D eigenvalue weighted by atomic mass is 16.2. The van der Waals surface area contributed by atoms with Gasteiger partial charge in [0, 0.05) is 7.05 Å². The van der Waals surface area contributed by atoms with Gasteiger partial charge in [-0.05, 0) is 31.2 Å². The van der Waals surface area contributed by atoms with Gasteiger partial charge in [0.1, 0.15) is 11.9 Å². The third kappa shape index (κ3) is 3.56. The zero-order valence-electron chi connectivity index (χ0n) is 16.1. The van der Waals surface area contributed by atoms with Crippen molar-refractivity contribution in [3.05, 3.63) is 59.9 Å². The summed E-state index contributed by atoms with van der Waals surface area (Å²) >= 11 is 0. The number of para-hydroxylation sites is 3. The molecule has 3 N–H and O–H groups in total. The Balaban J connectivity index is 1.46. The molecule has 0 saturated carbocycles. The van der Waals surface area contributed by atoms with Gasteiger partial charge in [-0.25, -0.2) is 4.98 Å². The average molecular weight is 391 g/mol. The Hall–Kier alpha value is -3.68. The highest BCUT2D eigenvalue weighted by Gasteiger charge is 2.30. The summed E-state index contributed by atoms with van der Waals surface area (Å²) in [6, 6.07) is 13.1. The topological polar surface area (TPSA) is 105 Å². The van der Waals surface area contributed by atoms with Crippen LogP contribution in [0.3, 0.4) is 0 Å². The highest BCUT2D eigenvalue weighted by Crippen LogP contribution is 2.21. The Morgan fingerprint density at radius 3 is 2.69 bits per heavy atom. The standard InChI is InChI=1S/C21H21N5O3/c1-12(19-23-15-9-5-6-10-17(15)26(19)2)22-18(27)11-16-21(29)24-14-8-4-3-7-13(14)20(28)25-16/h3-10,12,16H,11H2,1-2H3,(H,22,27)(H,24,29)(H,25,28). The molecule has 8 nitrogen and oxygen atoms in total. The lowest BCUT2D eigenvalue weighted by atomic mass is 10.1. The average Bonchev–Trinajstić information content (AvgIpc) is 2.98. The number of anilines is 1.